The van der Waals surface area contributed by atoms with Crippen LogP contribution in [-0.2, 0) is 21.1 Å². The van der Waals surface area contributed by atoms with Crippen LogP contribution in [0.2, 0.25) is 0 Å². The number of benzene rings is 2. The van der Waals surface area contributed by atoms with Crippen LogP contribution < -0.4 is 5.32 Å². The Kier molecular flexibility index (Phi) is 6.71. The Morgan fingerprint density at radius 1 is 1.14 bits per heavy atom. The molecule has 154 valence electrons. The number of carboxylic acid groups (broad SMARTS) is 1. The second-order valence-electron chi connectivity index (χ2n) is 7.35. The van der Waals surface area contributed by atoms with Crippen LogP contribution in [0.3, 0.4) is 0 Å². The average molecular weight is 416 g/mol. The van der Waals surface area contributed by atoms with E-state index in [2.05, 4.69) is 52.8 Å². The molecule has 0 spiro atoms. The summed E-state index contributed by atoms with van der Waals surface area (Å²) >= 11 is 0. The van der Waals surface area contributed by atoms with E-state index in [1.807, 2.05) is 12.1 Å². The zero-order valence-corrected chi connectivity index (χ0v) is 17.3. The minimum Gasteiger partial charge on any atom is -0.481 e. The predicted molar refractivity (Wildman–Crippen MR) is 115 cm³/mol. The first-order valence-electron chi connectivity index (χ1n) is 9.74. The molecule has 1 fully saturated rings. The van der Waals surface area contributed by atoms with E-state index in [1.165, 1.54) is 22.2 Å². The molecule has 1 unspecified atom stereocenters. The van der Waals surface area contributed by atoms with Crippen molar-refractivity contribution in [2.75, 3.05) is 18.1 Å². The van der Waals surface area contributed by atoms with Crippen molar-refractivity contribution in [3.8, 4) is 11.3 Å². The third-order valence-corrected chi connectivity index (χ3v) is 6.83. The molecule has 0 amide bonds. The summed E-state index contributed by atoms with van der Waals surface area (Å²) < 4.78 is 23.2. The molecular weight excluding hydrogens is 388 g/mol. The third kappa shape index (κ3) is 5.68. The predicted octanol–water partition coefficient (Wildman–Crippen LogP) is 2.22. The first kappa shape index (κ1) is 21.1. The average Bonchev–Trinajstić information content (AvgIpc) is 3.22. The van der Waals surface area contributed by atoms with Crippen LogP contribution >= 0.6 is 0 Å². The number of carboxylic acids is 1. The van der Waals surface area contributed by atoms with E-state index in [-0.39, 0.29) is 6.04 Å². The number of rotatable bonds is 5. The number of H-pyrrole nitrogens is 1. The third-order valence-electron chi connectivity index (χ3n) is 5.04. The first-order chi connectivity index (χ1) is 13.9. The van der Waals surface area contributed by atoms with E-state index in [4.69, 9.17) is 9.90 Å². The van der Waals surface area contributed by atoms with Crippen molar-refractivity contribution < 1.29 is 23.6 Å². The zero-order valence-electron chi connectivity index (χ0n) is 16.5. The highest BCUT2D eigenvalue weighted by Crippen LogP contribution is 2.30. The number of aromatic nitrogens is 1. The van der Waals surface area contributed by atoms with Crippen LogP contribution in [-0.4, -0.2) is 48.6 Å². The van der Waals surface area contributed by atoms with E-state index in [0.717, 1.165) is 31.8 Å². The lowest BCUT2D eigenvalue weighted by Crippen LogP contribution is -2.90. The molecule has 0 bridgehead atoms. The molecule has 1 aliphatic heterocycles. The SMILES string of the molecule is CC(=O)O.O=S1(=O)CCC([NH2+]CCc2c(-c3ccccc3)[nH]c3ccccc23)C1. The minimum absolute atomic E-state index is 0.218. The minimum atomic E-state index is -2.80. The van der Waals surface area contributed by atoms with Crippen LogP contribution in [0.1, 0.15) is 18.9 Å². The summed E-state index contributed by atoms with van der Waals surface area (Å²) in [5.74, 6) is -0.164. The van der Waals surface area contributed by atoms with Gasteiger partial charge in [0.05, 0.1) is 12.3 Å². The Bertz CT molecular complexity index is 1070. The van der Waals surface area contributed by atoms with Crippen molar-refractivity contribution in [2.24, 2.45) is 0 Å². The number of fused-ring (bicyclic) bond motifs is 1. The lowest BCUT2D eigenvalue weighted by molar-refractivity contribution is -0.683. The molecule has 4 rings (SSSR count). The second kappa shape index (κ2) is 9.24. The summed E-state index contributed by atoms with van der Waals surface area (Å²) in [7, 11) is -2.80. The highest BCUT2D eigenvalue weighted by molar-refractivity contribution is 7.91. The smallest absolute Gasteiger partial charge is 0.300 e. The largest absolute Gasteiger partial charge is 0.481 e. The number of hydrogen-bond donors (Lipinski definition) is 3. The van der Waals surface area contributed by atoms with Crippen LogP contribution in [0.5, 0.6) is 0 Å². The monoisotopic (exact) mass is 415 g/mol. The van der Waals surface area contributed by atoms with Gasteiger partial charge in [-0.1, -0.05) is 48.5 Å². The summed E-state index contributed by atoms with van der Waals surface area (Å²) in [6.07, 6.45) is 1.70. The van der Waals surface area contributed by atoms with Crippen LogP contribution in [0.25, 0.3) is 22.2 Å². The van der Waals surface area contributed by atoms with Gasteiger partial charge in [0.15, 0.2) is 9.84 Å². The Morgan fingerprint density at radius 2 is 1.79 bits per heavy atom. The van der Waals surface area contributed by atoms with Crippen LogP contribution in [0.15, 0.2) is 54.6 Å². The molecule has 29 heavy (non-hydrogen) atoms. The molecule has 1 aliphatic rings. The molecule has 1 atom stereocenters. The van der Waals surface area contributed by atoms with Crippen molar-refractivity contribution in [2.45, 2.75) is 25.8 Å². The van der Waals surface area contributed by atoms with E-state index >= 15 is 0 Å². The molecule has 4 N–H and O–H groups in total. The summed E-state index contributed by atoms with van der Waals surface area (Å²) in [4.78, 5) is 12.6. The Morgan fingerprint density at radius 3 is 2.45 bits per heavy atom. The lowest BCUT2D eigenvalue weighted by atomic mass is 10.0. The number of hydrogen-bond acceptors (Lipinski definition) is 3. The molecule has 6 nitrogen and oxygen atoms in total. The fourth-order valence-corrected chi connectivity index (χ4v) is 5.57. The number of sulfone groups is 1. The maximum absolute atomic E-state index is 11.6. The lowest BCUT2D eigenvalue weighted by Gasteiger charge is -2.09. The Labute approximate surface area is 170 Å². The number of quaternary nitrogens is 1. The van der Waals surface area contributed by atoms with Gasteiger partial charge in [0, 0.05) is 36.4 Å². The second-order valence-corrected chi connectivity index (χ2v) is 9.58. The number of aliphatic carboxylic acids is 1. The van der Waals surface area contributed by atoms with Gasteiger partial charge in [-0.3, -0.25) is 4.79 Å². The Balaban J connectivity index is 0.000000552. The van der Waals surface area contributed by atoms with Crippen molar-refractivity contribution in [3.05, 3.63) is 60.2 Å². The Hall–Kier alpha value is -2.64. The molecule has 0 radical (unpaired) electrons. The van der Waals surface area contributed by atoms with Gasteiger partial charge in [-0.05, 0) is 17.2 Å². The molecule has 3 aromatic rings. The summed E-state index contributed by atoms with van der Waals surface area (Å²) in [5.41, 5.74) is 4.84. The van der Waals surface area contributed by atoms with Crippen LogP contribution in [0.4, 0.5) is 0 Å². The van der Waals surface area contributed by atoms with Crippen LogP contribution in [0, 0.1) is 0 Å². The van der Waals surface area contributed by atoms with Gasteiger partial charge in [-0.2, -0.15) is 0 Å². The summed E-state index contributed by atoms with van der Waals surface area (Å²) in [6.45, 7) is 1.99. The van der Waals surface area contributed by atoms with E-state index in [0.29, 0.717) is 11.5 Å². The molecule has 0 aliphatic carbocycles. The fourth-order valence-electron chi connectivity index (χ4n) is 3.78. The molecule has 2 aromatic carbocycles. The molecular formula is C22H27N2O4S+. The molecule has 0 saturated carbocycles. The van der Waals surface area contributed by atoms with E-state index in [1.54, 1.807) is 0 Å². The quantitative estimate of drug-likeness (QED) is 0.594. The number of aromatic amines is 1. The highest BCUT2D eigenvalue weighted by atomic mass is 32.2. The maximum Gasteiger partial charge on any atom is 0.300 e. The maximum atomic E-state index is 11.6. The molecule has 1 saturated heterocycles. The van der Waals surface area contributed by atoms with E-state index in [9.17, 15) is 8.42 Å². The van der Waals surface area contributed by atoms with Gasteiger partial charge < -0.3 is 15.4 Å². The van der Waals surface area contributed by atoms with Crippen molar-refractivity contribution in [1.82, 2.24) is 4.98 Å². The van der Waals surface area contributed by atoms with Gasteiger partial charge in [-0.25, -0.2) is 8.42 Å². The van der Waals surface area contributed by atoms with E-state index < -0.39 is 15.8 Å². The van der Waals surface area contributed by atoms with Crippen molar-refractivity contribution in [3.63, 3.8) is 0 Å². The van der Waals surface area contributed by atoms with Gasteiger partial charge in [0.2, 0.25) is 0 Å². The van der Waals surface area contributed by atoms with Crippen molar-refractivity contribution >= 4 is 26.7 Å². The van der Waals surface area contributed by atoms with Gasteiger partial charge >= 0.3 is 0 Å². The van der Waals surface area contributed by atoms with Gasteiger partial charge in [-0.15, -0.1) is 0 Å². The number of carbonyl (C=O) groups is 1. The van der Waals surface area contributed by atoms with Crippen molar-refractivity contribution in [1.29, 1.82) is 0 Å². The molecule has 1 aromatic heterocycles. The zero-order chi connectivity index (χ0) is 20.9. The summed E-state index contributed by atoms with van der Waals surface area (Å²) in [6, 6.07) is 19.0. The molecule has 7 heteroatoms. The number of nitrogens with one attached hydrogen (secondary N) is 1. The fraction of sp³-hybridized carbons (Fsp3) is 0.318. The topological polar surface area (TPSA) is 104 Å². The molecule has 2 heterocycles. The normalized spacial score (nSPS) is 17.6. The van der Waals surface area contributed by atoms with Gasteiger partial charge in [0.25, 0.3) is 5.97 Å². The highest BCUT2D eigenvalue weighted by Gasteiger charge is 2.30. The number of para-hydroxylation sites is 1. The number of nitrogens with two attached hydrogens (primary N) is 1. The first-order valence-corrected chi connectivity index (χ1v) is 11.6. The summed E-state index contributed by atoms with van der Waals surface area (Å²) in [5, 5.41) is 10.9. The standard InChI is InChI=1S/C20H22N2O2S.C2H4O2/c23-25(24)13-11-16(14-25)21-12-10-18-17-8-4-5-9-19(17)22-20(18)15-6-2-1-3-7-15;1-2(3)4/h1-9,16,21-22H,10-14H2;1H3,(H,3,4)/p+1. The van der Waals surface area contributed by atoms with Gasteiger partial charge in [0.1, 0.15) is 11.8 Å².